The van der Waals surface area contributed by atoms with Crippen molar-refractivity contribution in [2.75, 3.05) is 13.1 Å². The smallest absolute Gasteiger partial charge is 0.341 e. The summed E-state index contributed by atoms with van der Waals surface area (Å²) in [5.41, 5.74) is 0.296. The Balaban J connectivity index is 1.55. The van der Waals surface area contributed by atoms with E-state index in [9.17, 15) is 18.0 Å². The normalized spacial score (nSPS) is 16.4. The molecular weight excluding hydrogens is 319 g/mol. The topological polar surface area (TPSA) is 38.1 Å². The number of benzene rings is 1. The SMILES string of the molecule is O=C(Cn1ccc(C(F)(F)F)n1)N1CCC(c2ccccc2)CC1. The maximum Gasteiger partial charge on any atom is 0.435 e. The second kappa shape index (κ2) is 6.67. The molecule has 2 heterocycles. The van der Waals surface area contributed by atoms with Crippen LogP contribution in [-0.2, 0) is 17.5 Å². The van der Waals surface area contributed by atoms with E-state index in [2.05, 4.69) is 17.2 Å². The van der Waals surface area contributed by atoms with Crippen molar-refractivity contribution in [2.45, 2.75) is 31.5 Å². The number of alkyl halides is 3. The van der Waals surface area contributed by atoms with Gasteiger partial charge in [0.15, 0.2) is 5.69 Å². The van der Waals surface area contributed by atoms with E-state index in [1.807, 2.05) is 18.2 Å². The number of hydrogen-bond acceptors (Lipinski definition) is 2. The fraction of sp³-hybridized carbons (Fsp3) is 0.412. The molecule has 1 amide bonds. The average molecular weight is 337 g/mol. The molecule has 1 aliphatic rings. The number of halogens is 3. The molecular formula is C17H18F3N3O. The van der Waals surface area contributed by atoms with Crippen LogP contribution in [0.2, 0.25) is 0 Å². The first-order valence-corrected chi connectivity index (χ1v) is 7.87. The molecule has 0 unspecified atom stereocenters. The molecule has 3 rings (SSSR count). The summed E-state index contributed by atoms with van der Waals surface area (Å²) in [5.74, 6) is 0.232. The van der Waals surface area contributed by atoms with Crippen LogP contribution >= 0.6 is 0 Å². The molecule has 4 nitrogen and oxygen atoms in total. The minimum atomic E-state index is -4.48. The van der Waals surface area contributed by atoms with Crippen molar-refractivity contribution in [2.24, 2.45) is 0 Å². The predicted octanol–water partition coefficient (Wildman–Crippen LogP) is 3.31. The van der Waals surface area contributed by atoms with Crippen LogP contribution in [-0.4, -0.2) is 33.7 Å². The lowest BCUT2D eigenvalue weighted by molar-refractivity contribution is -0.142. The van der Waals surface area contributed by atoms with E-state index >= 15 is 0 Å². The molecule has 24 heavy (non-hydrogen) atoms. The third kappa shape index (κ3) is 3.77. The Kier molecular flexibility index (Phi) is 4.59. The van der Waals surface area contributed by atoms with E-state index in [-0.39, 0.29) is 12.5 Å². The van der Waals surface area contributed by atoms with Crippen LogP contribution in [0.15, 0.2) is 42.6 Å². The lowest BCUT2D eigenvalue weighted by atomic mass is 9.89. The summed E-state index contributed by atoms with van der Waals surface area (Å²) < 4.78 is 38.6. The monoisotopic (exact) mass is 337 g/mol. The summed E-state index contributed by atoms with van der Waals surface area (Å²) in [4.78, 5) is 14.0. The van der Waals surface area contributed by atoms with Gasteiger partial charge in [-0.3, -0.25) is 9.48 Å². The fourth-order valence-electron chi connectivity index (χ4n) is 3.03. The largest absolute Gasteiger partial charge is 0.435 e. The number of hydrogen-bond donors (Lipinski definition) is 0. The number of likely N-dealkylation sites (tertiary alicyclic amines) is 1. The van der Waals surface area contributed by atoms with Crippen molar-refractivity contribution in [3.05, 3.63) is 53.9 Å². The molecule has 1 aliphatic heterocycles. The highest BCUT2D eigenvalue weighted by Crippen LogP contribution is 2.28. The minimum absolute atomic E-state index is 0.161. The van der Waals surface area contributed by atoms with Crippen LogP contribution < -0.4 is 0 Å². The lowest BCUT2D eigenvalue weighted by Crippen LogP contribution is -2.39. The third-order valence-corrected chi connectivity index (χ3v) is 4.35. The molecule has 1 saturated heterocycles. The Bertz CT molecular complexity index is 689. The Labute approximate surface area is 137 Å². The Morgan fingerprint density at radius 2 is 1.79 bits per heavy atom. The molecule has 0 aliphatic carbocycles. The van der Waals surface area contributed by atoms with Gasteiger partial charge in [-0.25, -0.2) is 0 Å². The Hall–Kier alpha value is -2.31. The van der Waals surface area contributed by atoms with Gasteiger partial charge >= 0.3 is 6.18 Å². The number of piperidine rings is 1. The molecule has 1 fully saturated rings. The number of nitrogens with zero attached hydrogens (tertiary/aromatic N) is 3. The van der Waals surface area contributed by atoms with E-state index in [4.69, 9.17) is 0 Å². The number of carbonyl (C=O) groups is 1. The van der Waals surface area contributed by atoms with Crippen molar-refractivity contribution < 1.29 is 18.0 Å². The highest BCUT2D eigenvalue weighted by Gasteiger charge is 2.34. The lowest BCUT2D eigenvalue weighted by Gasteiger charge is -2.32. The van der Waals surface area contributed by atoms with Gasteiger partial charge in [-0.15, -0.1) is 0 Å². The molecule has 0 spiro atoms. The van der Waals surface area contributed by atoms with Crippen LogP contribution in [0.1, 0.15) is 30.0 Å². The van der Waals surface area contributed by atoms with Gasteiger partial charge < -0.3 is 4.90 Å². The highest BCUT2D eigenvalue weighted by atomic mass is 19.4. The van der Waals surface area contributed by atoms with Crippen molar-refractivity contribution >= 4 is 5.91 Å². The van der Waals surface area contributed by atoms with Crippen LogP contribution in [0, 0.1) is 0 Å². The van der Waals surface area contributed by atoms with Gasteiger partial charge in [-0.05, 0) is 30.4 Å². The number of aromatic nitrogens is 2. The molecule has 128 valence electrons. The van der Waals surface area contributed by atoms with Crippen molar-refractivity contribution in [3.63, 3.8) is 0 Å². The molecule has 7 heteroatoms. The van der Waals surface area contributed by atoms with E-state index in [0.29, 0.717) is 19.0 Å². The fourth-order valence-corrected chi connectivity index (χ4v) is 3.03. The maximum absolute atomic E-state index is 12.5. The summed E-state index contributed by atoms with van der Waals surface area (Å²) in [6.45, 7) is 1.07. The molecule has 0 atom stereocenters. The Morgan fingerprint density at radius 1 is 1.12 bits per heavy atom. The van der Waals surface area contributed by atoms with Crippen LogP contribution in [0.5, 0.6) is 0 Å². The van der Waals surface area contributed by atoms with E-state index in [0.717, 1.165) is 23.6 Å². The van der Waals surface area contributed by atoms with Crippen LogP contribution in [0.3, 0.4) is 0 Å². The summed E-state index contributed by atoms with van der Waals surface area (Å²) in [6.07, 6.45) is -1.56. The third-order valence-electron chi connectivity index (χ3n) is 4.35. The van der Waals surface area contributed by atoms with E-state index in [1.165, 1.54) is 11.8 Å². The summed E-state index contributed by atoms with van der Waals surface area (Å²) in [6, 6.07) is 11.0. The zero-order chi connectivity index (χ0) is 17.2. The van der Waals surface area contributed by atoms with Gasteiger partial charge in [-0.2, -0.15) is 18.3 Å². The number of carbonyl (C=O) groups excluding carboxylic acids is 1. The number of rotatable bonds is 3. The summed E-state index contributed by atoms with van der Waals surface area (Å²) in [7, 11) is 0. The van der Waals surface area contributed by atoms with Gasteiger partial charge in [0.1, 0.15) is 6.54 Å². The first-order chi connectivity index (χ1) is 11.4. The molecule has 0 radical (unpaired) electrons. The zero-order valence-corrected chi connectivity index (χ0v) is 13.0. The molecule has 1 aromatic heterocycles. The van der Waals surface area contributed by atoms with Gasteiger partial charge in [0.2, 0.25) is 5.91 Å². The minimum Gasteiger partial charge on any atom is -0.341 e. The van der Waals surface area contributed by atoms with Crippen LogP contribution in [0.25, 0.3) is 0 Å². The molecule has 0 N–H and O–H groups in total. The Morgan fingerprint density at radius 3 is 2.38 bits per heavy atom. The summed E-state index contributed by atoms with van der Waals surface area (Å²) >= 11 is 0. The molecule has 0 saturated carbocycles. The second-order valence-electron chi connectivity index (χ2n) is 5.96. The first kappa shape index (κ1) is 16.5. The van der Waals surface area contributed by atoms with Gasteiger partial charge in [0.25, 0.3) is 0 Å². The van der Waals surface area contributed by atoms with Crippen molar-refractivity contribution in [3.8, 4) is 0 Å². The highest BCUT2D eigenvalue weighted by molar-refractivity contribution is 5.76. The van der Waals surface area contributed by atoms with Crippen molar-refractivity contribution in [1.29, 1.82) is 0 Å². The second-order valence-corrected chi connectivity index (χ2v) is 5.96. The van der Waals surface area contributed by atoms with Gasteiger partial charge in [-0.1, -0.05) is 30.3 Å². The first-order valence-electron chi connectivity index (χ1n) is 7.87. The quantitative estimate of drug-likeness (QED) is 0.862. The summed E-state index contributed by atoms with van der Waals surface area (Å²) in [5, 5.41) is 3.42. The van der Waals surface area contributed by atoms with E-state index < -0.39 is 11.9 Å². The standard InChI is InChI=1S/C17H18F3N3O/c18-17(19,20)15-8-11-23(21-15)12-16(24)22-9-6-14(7-10-22)13-4-2-1-3-5-13/h1-5,8,11,14H,6-7,9-10,12H2. The maximum atomic E-state index is 12.5. The molecule has 1 aromatic carbocycles. The van der Waals surface area contributed by atoms with E-state index in [1.54, 1.807) is 4.90 Å². The van der Waals surface area contributed by atoms with Crippen LogP contribution in [0.4, 0.5) is 13.2 Å². The average Bonchev–Trinajstić information content (AvgIpc) is 3.05. The molecule has 0 bridgehead atoms. The van der Waals surface area contributed by atoms with Gasteiger partial charge in [0.05, 0.1) is 0 Å². The predicted molar refractivity (Wildman–Crippen MR) is 82.2 cm³/mol. The van der Waals surface area contributed by atoms with Gasteiger partial charge in [0, 0.05) is 19.3 Å². The number of amides is 1. The van der Waals surface area contributed by atoms with Crippen molar-refractivity contribution in [1.82, 2.24) is 14.7 Å². The zero-order valence-electron chi connectivity index (χ0n) is 13.0. The molecule has 2 aromatic rings.